The molecule has 1 saturated carbocycles. The number of ether oxygens (including phenoxy) is 1. The number of nitrogens with zero attached hydrogens (tertiary/aromatic N) is 2. The lowest BCUT2D eigenvalue weighted by atomic mass is 9.79. The van der Waals surface area contributed by atoms with Gasteiger partial charge in [-0.2, -0.15) is 0 Å². The quantitative estimate of drug-likeness (QED) is 0.217. The molecule has 0 atom stereocenters. The number of hydrogen-bond donors (Lipinski definition) is 1. The van der Waals surface area contributed by atoms with E-state index in [9.17, 15) is 9.90 Å². The molecule has 2 aromatic carbocycles. The molecule has 0 saturated heterocycles. The van der Waals surface area contributed by atoms with Crippen molar-refractivity contribution >= 4 is 40.8 Å². The maximum atomic E-state index is 11.4. The molecule has 38 heavy (non-hydrogen) atoms. The summed E-state index contributed by atoms with van der Waals surface area (Å²) in [7, 11) is 0. The molecule has 1 N–H and O–H groups in total. The number of aromatic carboxylic acids is 1. The number of rotatable bonds is 9. The van der Waals surface area contributed by atoms with Crippen LogP contribution in [0, 0.1) is 0 Å². The molecular weight excluding hydrogens is 547 g/mol. The van der Waals surface area contributed by atoms with Gasteiger partial charge in [0.05, 0.1) is 21.2 Å². The summed E-state index contributed by atoms with van der Waals surface area (Å²) in [5.74, 6) is 0.716. The van der Waals surface area contributed by atoms with E-state index >= 15 is 0 Å². The Labute approximate surface area is 235 Å². The normalized spacial score (nSPS) is 13.5. The van der Waals surface area contributed by atoms with Crippen molar-refractivity contribution in [2.75, 3.05) is 0 Å². The van der Waals surface area contributed by atoms with Crippen molar-refractivity contribution in [2.45, 2.75) is 51.0 Å². The van der Waals surface area contributed by atoms with E-state index in [1.807, 2.05) is 26.0 Å². The number of benzene rings is 2. The zero-order chi connectivity index (χ0) is 27.0. The van der Waals surface area contributed by atoms with E-state index in [4.69, 9.17) is 44.1 Å². The van der Waals surface area contributed by atoms with Crippen molar-refractivity contribution in [1.82, 2.24) is 10.1 Å². The summed E-state index contributed by atoms with van der Waals surface area (Å²) in [6.45, 7) is 4.28. The Morgan fingerprint density at radius 1 is 1.08 bits per heavy atom. The third-order valence-corrected chi connectivity index (χ3v) is 7.75. The average Bonchev–Trinajstić information content (AvgIpc) is 3.64. The molecule has 5 rings (SSSR count). The molecule has 1 fully saturated rings. The molecule has 6 nitrogen and oxygen atoms in total. The minimum absolute atomic E-state index is 0.155. The highest BCUT2D eigenvalue weighted by Crippen LogP contribution is 2.46. The highest BCUT2D eigenvalue weighted by molar-refractivity contribution is 6.39. The first-order chi connectivity index (χ1) is 18.1. The van der Waals surface area contributed by atoms with Crippen molar-refractivity contribution in [3.63, 3.8) is 0 Å². The maximum Gasteiger partial charge on any atom is 0.337 e. The third kappa shape index (κ3) is 5.53. The topological polar surface area (TPSA) is 85.5 Å². The largest absolute Gasteiger partial charge is 0.489 e. The molecule has 4 aromatic rings. The number of hydrogen-bond acceptors (Lipinski definition) is 5. The molecule has 0 spiro atoms. The van der Waals surface area contributed by atoms with E-state index < -0.39 is 11.4 Å². The van der Waals surface area contributed by atoms with E-state index in [1.165, 1.54) is 6.20 Å². The summed E-state index contributed by atoms with van der Waals surface area (Å²) >= 11 is 19.6. The van der Waals surface area contributed by atoms with E-state index in [0.29, 0.717) is 44.4 Å². The Kier molecular flexibility index (Phi) is 7.40. The number of carbonyl (C=O) groups is 1. The van der Waals surface area contributed by atoms with Gasteiger partial charge in [-0.15, -0.1) is 0 Å². The second kappa shape index (κ2) is 10.6. The molecule has 196 valence electrons. The summed E-state index contributed by atoms with van der Waals surface area (Å²) in [5.41, 5.74) is 3.54. The molecule has 0 aliphatic heterocycles. The van der Waals surface area contributed by atoms with Gasteiger partial charge in [0.1, 0.15) is 23.8 Å². The van der Waals surface area contributed by atoms with Gasteiger partial charge >= 0.3 is 5.97 Å². The predicted octanol–water partition coefficient (Wildman–Crippen LogP) is 8.37. The number of carboxylic acid groups (broad SMARTS) is 1. The van der Waals surface area contributed by atoms with Crippen LogP contribution in [-0.2, 0) is 18.4 Å². The van der Waals surface area contributed by atoms with Crippen LogP contribution in [0.4, 0.5) is 0 Å². The van der Waals surface area contributed by atoms with Crippen LogP contribution in [0.3, 0.4) is 0 Å². The van der Waals surface area contributed by atoms with Crippen molar-refractivity contribution in [2.24, 2.45) is 0 Å². The van der Waals surface area contributed by atoms with Crippen molar-refractivity contribution in [1.29, 1.82) is 0 Å². The van der Waals surface area contributed by atoms with Crippen LogP contribution >= 0.6 is 34.8 Å². The molecule has 2 heterocycles. The second-order valence-corrected chi connectivity index (χ2v) is 11.3. The highest BCUT2D eigenvalue weighted by atomic mass is 35.5. The van der Waals surface area contributed by atoms with Crippen LogP contribution < -0.4 is 4.74 Å². The Morgan fingerprint density at radius 2 is 1.82 bits per heavy atom. The molecule has 0 unspecified atom stereocenters. The molecule has 0 amide bonds. The van der Waals surface area contributed by atoms with Gasteiger partial charge in [-0.3, -0.25) is 4.98 Å². The summed E-state index contributed by atoms with van der Waals surface area (Å²) in [6.07, 6.45) is 5.70. The fraction of sp³-hybridized carbons (Fsp3) is 0.276. The van der Waals surface area contributed by atoms with Crippen LogP contribution in [0.5, 0.6) is 5.75 Å². The van der Waals surface area contributed by atoms with Crippen LogP contribution in [0.25, 0.3) is 11.3 Å². The standard InChI is InChI=1S/C29H25Cl3N2O4/c1-29(2,19-10-18(28(35)36)13-33-14-19)12-17-8-9-20(11-24(17)32)37-15-21-26(34-38-27(21)16-6-7-16)25-22(30)4-3-5-23(25)31/h3-5,8-11,13-14,16H,6-7,12,15H2,1-2H3,(H,35,36). The van der Waals surface area contributed by atoms with Gasteiger partial charge in [0.2, 0.25) is 0 Å². The summed E-state index contributed by atoms with van der Waals surface area (Å²) in [4.78, 5) is 15.5. The highest BCUT2D eigenvalue weighted by Gasteiger charge is 2.34. The van der Waals surface area contributed by atoms with E-state index in [2.05, 4.69) is 10.1 Å². The first-order valence-electron chi connectivity index (χ1n) is 12.2. The lowest BCUT2D eigenvalue weighted by molar-refractivity contribution is 0.0696. The molecule has 0 bridgehead atoms. The zero-order valence-corrected chi connectivity index (χ0v) is 23.1. The molecule has 1 aliphatic rings. The number of halogens is 3. The minimum atomic E-state index is -1.01. The van der Waals surface area contributed by atoms with Crippen molar-refractivity contribution < 1.29 is 19.2 Å². The molecule has 9 heteroatoms. The number of carboxylic acids is 1. The van der Waals surface area contributed by atoms with Gasteiger partial charge in [0, 0.05) is 28.9 Å². The Bertz CT molecular complexity index is 1490. The van der Waals surface area contributed by atoms with Crippen molar-refractivity contribution in [3.8, 4) is 17.0 Å². The Hall–Kier alpha value is -3.06. The lowest BCUT2D eigenvalue weighted by Crippen LogP contribution is -2.21. The minimum Gasteiger partial charge on any atom is -0.489 e. The van der Waals surface area contributed by atoms with E-state index in [-0.39, 0.29) is 12.2 Å². The first kappa shape index (κ1) is 26.5. The summed E-state index contributed by atoms with van der Waals surface area (Å²) < 4.78 is 11.9. The van der Waals surface area contributed by atoms with Crippen LogP contribution in [-0.4, -0.2) is 21.2 Å². The lowest BCUT2D eigenvalue weighted by Gasteiger charge is -2.26. The van der Waals surface area contributed by atoms with Gasteiger partial charge < -0.3 is 14.4 Å². The van der Waals surface area contributed by atoms with Crippen LogP contribution in [0.15, 0.2) is 59.4 Å². The van der Waals surface area contributed by atoms with Gasteiger partial charge in [-0.25, -0.2) is 4.79 Å². The first-order valence-corrected chi connectivity index (χ1v) is 13.3. The summed E-state index contributed by atoms with van der Waals surface area (Å²) in [6, 6.07) is 12.6. The maximum absolute atomic E-state index is 11.4. The predicted molar refractivity (Wildman–Crippen MR) is 148 cm³/mol. The average molecular weight is 572 g/mol. The number of aromatic nitrogens is 2. The van der Waals surface area contributed by atoms with E-state index in [0.717, 1.165) is 35.3 Å². The fourth-order valence-electron chi connectivity index (χ4n) is 4.47. The van der Waals surface area contributed by atoms with E-state index in [1.54, 1.807) is 36.5 Å². The van der Waals surface area contributed by atoms with Gasteiger partial charge in [-0.05, 0) is 66.1 Å². The van der Waals surface area contributed by atoms with Gasteiger partial charge in [0.25, 0.3) is 0 Å². The van der Waals surface area contributed by atoms with Crippen LogP contribution in [0.1, 0.15) is 65.4 Å². The SMILES string of the molecule is CC(C)(Cc1ccc(OCc2c(-c3c(Cl)cccc3Cl)noc2C2CC2)cc1Cl)c1cncc(C(=O)O)c1. The molecular formula is C29H25Cl3N2O4. The van der Waals surface area contributed by atoms with Crippen molar-refractivity contribution in [3.05, 3.63) is 97.9 Å². The second-order valence-electron chi connectivity index (χ2n) is 10.1. The Balaban J connectivity index is 1.36. The molecule has 0 radical (unpaired) electrons. The third-order valence-electron chi connectivity index (χ3n) is 6.77. The van der Waals surface area contributed by atoms with Gasteiger partial charge in [-0.1, -0.05) is 65.9 Å². The number of pyridine rings is 1. The fourth-order valence-corrected chi connectivity index (χ4v) is 5.28. The smallest absolute Gasteiger partial charge is 0.337 e. The molecule has 2 aromatic heterocycles. The van der Waals surface area contributed by atoms with Gasteiger partial charge in [0.15, 0.2) is 0 Å². The Morgan fingerprint density at radius 3 is 2.47 bits per heavy atom. The zero-order valence-electron chi connectivity index (χ0n) is 20.8. The van der Waals surface area contributed by atoms with Crippen LogP contribution in [0.2, 0.25) is 15.1 Å². The summed E-state index contributed by atoms with van der Waals surface area (Å²) in [5, 5.41) is 15.2. The molecule has 1 aliphatic carbocycles. The monoisotopic (exact) mass is 570 g/mol.